The summed E-state index contributed by atoms with van der Waals surface area (Å²) in [5.74, 6) is 5.66. The zero-order valence-corrected chi connectivity index (χ0v) is 11.0. The van der Waals surface area contributed by atoms with Gasteiger partial charge in [-0.1, -0.05) is 30.0 Å². The van der Waals surface area contributed by atoms with Gasteiger partial charge in [0.05, 0.1) is 12.1 Å². The Bertz CT molecular complexity index is 642. The smallest absolute Gasteiger partial charge is 0.253 e. The lowest BCUT2D eigenvalue weighted by Crippen LogP contribution is -2.23. The molecule has 1 amide bonds. The van der Waals surface area contributed by atoms with E-state index < -0.39 is 0 Å². The Morgan fingerprint density at radius 1 is 1.25 bits per heavy atom. The first-order valence-corrected chi connectivity index (χ1v) is 6.26. The topological polar surface area (TPSA) is 68.0 Å². The van der Waals surface area contributed by atoms with E-state index in [0.29, 0.717) is 18.7 Å². The van der Waals surface area contributed by atoms with E-state index in [9.17, 15) is 4.79 Å². The van der Waals surface area contributed by atoms with E-state index in [0.717, 1.165) is 11.1 Å². The fourth-order valence-corrected chi connectivity index (χ4v) is 1.72. The van der Waals surface area contributed by atoms with Crippen LogP contribution in [0.5, 0.6) is 0 Å². The molecule has 3 N–H and O–H groups in total. The van der Waals surface area contributed by atoms with Crippen molar-refractivity contribution in [3.8, 4) is 11.8 Å². The van der Waals surface area contributed by atoms with Crippen molar-refractivity contribution in [3.63, 3.8) is 0 Å². The number of nitrogens with two attached hydrogens (primary N) is 1. The molecule has 0 aliphatic carbocycles. The molecule has 100 valence electrons. The van der Waals surface area contributed by atoms with Gasteiger partial charge in [-0.2, -0.15) is 0 Å². The van der Waals surface area contributed by atoms with Crippen molar-refractivity contribution >= 4 is 5.91 Å². The van der Waals surface area contributed by atoms with E-state index in [1.165, 1.54) is 6.20 Å². The lowest BCUT2D eigenvalue weighted by Gasteiger charge is -2.07. The van der Waals surface area contributed by atoms with E-state index >= 15 is 0 Å². The number of hydrogen-bond donors (Lipinski definition) is 2. The Kier molecular flexibility index (Phi) is 4.87. The Morgan fingerprint density at radius 3 is 2.85 bits per heavy atom. The van der Waals surface area contributed by atoms with Crippen molar-refractivity contribution in [3.05, 3.63) is 65.5 Å². The highest BCUT2D eigenvalue weighted by atomic mass is 16.1. The standard InChI is InChI=1S/C16H15N3O/c17-9-3-7-13-5-1-2-6-14(13)12-19-16(20)15-8-4-10-18-11-15/h1-2,4-6,8,10-11H,9,12,17H2,(H,19,20). The molecule has 0 unspecified atom stereocenters. The Balaban J connectivity index is 2.06. The van der Waals surface area contributed by atoms with Crippen LogP contribution in [0.15, 0.2) is 48.8 Å². The van der Waals surface area contributed by atoms with E-state index in [1.54, 1.807) is 18.3 Å². The number of rotatable bonds is 3. The zero-order chi connectivity index (χ0) is 14.2. The molecule has 1 aromatic carbocycles. The molecule has 2 rings (SSSR count). The maximum atomic E-state index is 11.9. The van der Waals surface area contributed by atoms with E-state index in [2.05, 4.69) is 22.1 Å². The molecular formula is C16H15N3O. The van der Waals surface area contributed by atoms with Gasteiger partial charge in [-0.05, 0) is 23.8 Å². The Morgan fingerprint density at radius 2 is 2.10 bits per heavy atom. The van der Waals surface area contributed by atoms with Crippen LogP contribution in [-0.4, -0.2) is 17.4 Å². The number of benzene rings is 1. The summed E-state index contributed by atoms with van der Waals surface area (Å²) in [6.45, 7) is 0.736. The van der Waals surface area contributed by atoms with Gasteiger partial charge in [0.15, 0.2) is 0 Å². The number of nitrogens with zero attached hydrogens (tertiary/aromatic N) is 1. The van der Waals surface area contributed by atoms with E-state index in [1.807, 2.05) is 24.3 Å². The normalized spacial score (nSPS) is 9.45. The third-order valence-electron chi connectivity index (χ3n) is 2.71. The first-order valence-electron chi connectivity index (χ1n) is 6.26. The molecular weight excluding hydrogens is 250 g/mol. The van der Waals surface area contributed by atoms with Crippen molar-refractivity contribution in [1.82, 2.24) is 10.3 Å². The first kappa shape index (κ1) is 13.8. The number of pyridine rings is 1. The van der Waals surface area contributed by atoms with Gasteiger partial charge in [0.2, 0.25) is 0 Å². The predicted molar refractivity (Wildman–Crippen MR) is 77.8 cm³/mol. The molecule has 0 atom stereocenters. The minimum Gasteiger partial charge on any atom is -0.348 e. The summed E-state index contributed by atoms with van der Waals surface area (Å²) in [5.41, 5.74) is 7.76. The molecule has 0 bridgehead atoms. The van der Waals surface area contributed by atoms with Crippen LogP contribution in [0.2, 0.25) is 0 Å². The summed E-state index contributed by atoms with van der Waals surface area (Å²) in [6, 6.07) is 11.1. The fraction of sp³-hybridized carbons (Fsp3) is 0.125. The van der Waals surface area contributed by atoms with Crippen LogP contribution >= 0.6 is 0 Å². The largest absolute Gasteiger partial charge is 0.348 e. The molecule has 4 heteroatoms. The maximum Gasteiger partial charge on any atom is 0.253 e. The number of carbonyl (C=O) groups excluding carboxylic acids is 1. The Labute approximate surface area is 118 Å². The van der Waals surface area contributed by atoms with Crippen LogP contribution in [0.3, 0.4) is 0 Å². The van der Waals surface area contributed by atoms with Crippen molar-refractivity contribution < 1.29 is 4.79 Å². The molecule has 0 spiro atoms. The third kappa shape index (κ3) is 3.67. The summed E-state index contributed by atoms with van der Waals surface area (Å²) in [4.78, 5) is 15.9. The average Bonchev–Trinajstić information content (AvgIpc) is 2.52. The van der Waals surface area contributed by atoms with Gasteiger partial charge in [0.25, 0.3) is 5.91 Å². The summed E-state index contributed by atoms with van der Waals surface area (Å²) in [7, 11) is 0. The highest BCUT2D eigenvalue weighted by Gasteiger charge is 2.06. The molecule has 0 saturated carbocycles. The van der Waals surface area contributed by atoms with Gasteiger partial charge in [0, 0.05) is 24.5 Å². The average molecular weight is 265 g/mol. The van der Waals surface area contributed by atoms with Gasteiger partial charge in [0.1, 0.15) is 0 Å². The van der Waals surface area contributed by atoms with Crippen LogP contribution < -0.4 is 11.1 Å². The van der Waals surface area contributed by atoms with Gasteiger partial charge >= 0.3 is 0 Å². The SMILES string of the molecule is NCC#Cc1ccccc1CNC(=O)c1cccnc1. The second-order valence-electron chi connectivity index (χ2n) is 4.09. The van der Waals surface area contributed by atoms with Gasteiger partial charge < -0.3 is 11.1 Å². The minimum atomic E-state index is -0.153. The molecule has 1 heterocycles. The van der Waals surface area contributed by atoms with Crippen molar-refractivity contribution in [2.24, 2.45) is 5.73 Å². The fourth-order valence-electron chi connectivity index (χ4n) is 1.72. The predicted octanol–water partition coefficient (Wildman–Crippen LogP) is 1.32. The summed E-state index contributed by atoms with van der Waals surface area (Å²) in [5, 5.41) is 2.85. The highest BCUT2D eigenvalue weighted by Crippen LogP contribution is 2.07. The number of carbonyl (C=O) groups is 1. The van der Waals surface area contributed by atoms with Crippen molar-refractivity contribution in [2.75, 3.05) is 6.54 Å². The zero-order valence-electron chi connectivity index (χ0n) is 11.0. The van der Waals surface area contributed by atoms with Crippen LogP contribution in [0.4, 0.5) is 0 Å². The van der Waals surface area contributed by atoms with E-state index in [-0.39, 0.29) is 5.91 Å². The third-order valence-corrected chi connectivity index (χ3v) is 2.71. The van der Waals surface area contributed by atoms with Crippen molar-refractivity contribution in [1.29, 1.82) is 0 Å². The molecule has 0 saturated heterocycles. The van der Waals surface area contributed by atoms with Crippen LogP contribution in [-0.2, 0) is 6.54 Å². The summed E-state index contributed by atoms with van der Waals surface area (Å²) in [6.07, 6.45) is 3.17. The number of nitrogens with one attached hydrogen (secondary N) is 1. The number of hydrogen-bond acceptors (Lipinski definition) is 3. The van der Waals surface area contributed by atoms with Crippen molar-refractivity contribution in [2.45, 2.75) is 6.54 Å². The second-order valence-corrected chi connectivity index (χ2v) is 4.09. The molecule has 0 radical (unpaired) electrons. The molecule has 0 fully saturated rings. The maximum absolute atomic E-state index is 11.9. The lowest BCUT2D eigenvalue weighted by atomic mass is 10.1. The Hall–Kier alpha value is -2.64. The lowest BCUT2D eigenvalue weighted by molar-refractivity contribution is 0.0950. The number of aromatic nitrogens is 1. The van der Waals surface area contributed by atoms with Gasteiger partial charge in [-0.25, -0.2) is 0 Å². The van der Waals surface area contributed by atoms with Crippen LogP contribution in [0.1, 0.15) is 21.5 Å². The summed E-state index contributed by atoms with van der Waals surface area (Å²) < 4.78 is 0. The minimum absolute atomic E-state index is 0.153. The van der Waals surface area contributed by atoms with E-state index in [4.69, 9.17) is 5.73 Å². The molecule has 4 nitrogen and oxygen atoms in total. The molecule has 20 heavy (non-hydrogen) atoms. The first-order chi connectivity index (χ1) is 9.81. The molecule has 1 aromatic heterocycles. The van der Waals surface area contributed by atoms with Gasteiger partial charge in [-0.15, -0.1) is 0 Å². The monoisotopic (exact) mass is 265 g/mol. The quantitative estimate of drug-likeness (QED) is 0.822. The van der Waals surface area contributed by atoms with Crippen LogP contribution in [0.25, 0.3) is 0 Å². The number of amides is 1. The molecule has 0 aliphatic heterocycles. The van der Waals surface area contributed by atoms with Crippen LogP contribution in [0, 0.1) is 11.8 Å². The second kappa shape index (κ2) is 7.07. The highest BCUT2D eigenvalue weighted by molar-refractivity contribution is 5.93. The molecule has 2 aromatic rings. The summed E-state index contributed by atoms with van der Waals surface area (Å²) >= 11 is 0. The van der Waals surface area contributed by atoms with Gasteiger partial charge in [-0.3, -0.25) is 9.78 Å². The molecule has 0 aliphatic rings.